The zero-order valence-corrected chi connectivity index (χ0v) is 34.5. The Kier molecular flexibility index (Phi) is 9.05. The van der Waals surface area contributed by atoms with Crippen molar-refractivity contribution in [1.82, 2.24) is 29.9 Å². The summed E-state index contributed by atoms with van der Waals surface area (Å²) in [5, 5.41) is 5.37. The molecule has 64 heavy (non-hydrogen) atoms. The Morgan fingerprint density at radius 1 is 0.250 bits per heavy atom. The molecule has 0 fully saturated rings. The van der Waals surface area contributed by atoms with Crippen molar-refractivity contribution in [2.24, 2.45) is 0 Å². The molecule has 0 unspecified atom stereocenters. The zero-order valence-electron chi connectivity index (χ0n) is 34.5. The number of pyridine rings is 1. The quantitative estimate of drug-likeness (QED) is 0.149. The number of hydrogen-bond acceptors (Lipinski definition) is 6. The molecule has 0 N–H and O–H groups in total. The standard InChI is InChI=1S/C58H36N6/c1-5-18-39(19-6-1)52-53(40-20-7-2-8-21-40)61-55-50-46-27-15-16-28-49(46)59-51(45-34-29-37-17-13-14-26-44(37)35-45)48(50)36-47(54(55)60-52)38-30-32-43(33-31-38)58-63-56(41-22-9-3-10-23-41)62-57(64-58)42-24-11-4-12-25-42/h1-36H. The van der Waals surface area contributed by atoms with Crippen molar-refractivity contribution in [3.05, 3.63) is 218 Å². The van der Waals surface area contributed by atoms with E-state index in [0.717, 1.165) is 99.7 Å². The van der Waals surface area contributed by atoms with Crippen LogP contribution < -0.4 is 0 Å². The molecule has 0 atom stereocenters. The molecule has 0 aliphatic carbocycles. The monoisotopic (exact) mass is 816 g/mol. The van der Waals surface area contributed by atoms with E-state index >= 15 is 0 Å². The lowest BCUT2D eigenvalue weighted by molar-refractivity contribution is 1.07. The van der Waals surface area contributed by atoms with Gasteiger partial charge in [0, 0.05) is 55.1 Å². The predicted octanol–water partition coefficient (Wildman–Crippen LogP) is 14.3. The minimum atomic E-state index is 0.593. The van der Waals surface area contributed by atoms with Gasteiger partial charge in [-0.3, -0.25) is 0 Å². The lowest BCUT2D eigenvalue weighted by atomic mass is 9.92. The van der Waals surface area contributed by atoms with Crippen molar-refractivity contribution in [3.63, 3.8) is 0 Å². The molecule has 0 aliphatic heterocycles. The third-order valence-corrected chi connectivity index (χ3v) is 11.9. The first-order chi connectivity index (χ1) is 31.7. The molecule has 3 heterocycles. The highest BCUT2D eigenvalue weighted by Crippen LogP contribution is 2.43. The molecule has 0 saturated carbocycles. The molecule has 0 spiro atoms. The van der Waals surface area contributed by atoms with E-state index in [1.54, 1.807) is 0 Å². The van der Waals surface area contributed by atoms with E-state index in [-0.39, 0.29) is 0 Å². The summed E-state index contributed by atoms with van der Waals surface area (Å²) in [6.07, 6.45) is 0. The summed E-state index contributed by atoms with van der Waals surface area (Å²) in [5.74, 6) is 1.83. The third kappa shape index (κ3) is 6.62. The lowest BCUT2D eigenvalue weighted by Gasteiger charge is -2.18. The second-order valence-electron chi connectivity index (χ2n) is 15.9. The van der Waals surface area contributed by atoms with Gasteiger partial charge >= 0.3 is 0 Å². The number of fused-ring (bicyclic) bond motifs is 6. The second-order valence-corrected chi connectivity index (χ2v) is 15.9. The Labute approximate surface area is 369 Å². The van der Waals surface area contributed by atoms with E-state index < -0.39 is 0 Å². The Bertz CT molecular complexity index is 3630. The normalized spacial score (nSPS) is 11.4. The predicted molar refractivity (Wildman–Crippen MR) is 261 cm³/mol. The van der Waals surface area contributed by atoms with Crippen LogP contribution in [0.3, 0.4) is 0 Å². The summed E-state index contributed by atoms with van der Waals surface area (Å²) in [5.41, 5.74) is 12.7. The summed E-state index contributed by atoms with van der Waals surface area (Å²) < 4.78 is 0. The molecular formula is C58H36N6. The van der Waals surface area contributed by atoms with Crippen molar-refractivity contribution < 1.29 is 0 Å². The molecule has 0 radical (unpaired) electrons. The van der Waals surface area contributed by atoms with Gasteiger partial charge in [-0.2, -0.15) is 0 Å². The molecule has 12 rings (SSSR count). The highest BCUT2D eigenvalue weighted by Gasteiger charge is 2.23. The molecular weight excluding hydrogens is 781 g/mol. The third-order valence-electron chi connectivity index (χ3n) is 11.9. The van der Waals surface area contributed by atoms with Crippen molar-refractivity contribution in [2.45, 2.75) is 0 Å². The maximum absolute atomic E-state index is 5.70. The average Bonchev–Trinajstić information content (AvgIpc) is 3.38. The van der Waals surface area contributed by atoms with Gasteiger partial charge in [-0.25, -0.2) is 29.9 Å². The van der Waals surface area contributed by atoms with Crippen molar-refractivity contribution in [3.8, 4) is 79.1 Å². The number of hydrogen-bond donors (Lipinski definition) is 0. The van der Waals surface area contributed by atoms with Crippen molar-refractivity contribution in [2.75, 3.05) is 0 Å². The van der Waals surface area contributed by atoms with Gasteiger partial charge in [-0.1, -0.05) is 200 Å². The SMILES string of the molecule is c1ccc(-c2nc(-c3ccccc3)nc(-c3ccc(-c4cc5c(-c6ccc7ccccc7c6)nc6ccccc6c5c5nc(-c6ccccc6)c(-c6ccccc6)nc45)cc3)n2)cc1. The van der Waals surface area contributed by atoms with Crippen LogP contribution in [0.4, 0.5) is 0 Å². The fourth-order valence-electron chi connectivity index (χ4n) is 8.74. The van der Waals surface area contributed by atoms with Crippen LogP contribution in [0.2, 0.25) is 0 Å². The van der Waals surface area contributed by atoms with Crippen LogP contribution in [0.1, 0.15) is 0 Å². The van der Waals surface area contributed by atoms with E-state index in [1.807, 2.05) is 72.8 Å². The Morgan fingerprint density at radius 2 is 0.703 bits per heavy atom. The zero-order chi connectivity index (χ0) is 42.4. The number of nitrogens with zero attached hydrogens (tertiary/aromatic N) is 6. The van der Waals surface area contributed by atoms with E-state index in [9.17, 15) is 0 Å². The smallest absolute Gasteiger partial charge is 0.164 e. The highest BCUT2D eigenvalue weighted by atomic mass is 15.0. The Balaban J connectivity index is 1.13. The van der Waals surface area contributed by atoms with Crippen LogP contribution in [0.15, 0.2) is 218 Å². The first-order valence-corrected chi connectivity index (χ1v) is 21.4. The summed E-state index contributed by atoms with van der Waals surface area (Å²) >= 11 is 0. The summed E-state index contributed by atoms with van der Waals surface area (Å²) in [7, 11) is 0. The molecule has 0 bridgehead atoms. The number of benzene rings is 9. The molecule has 0 amide bonds. The van der Waals surface area contributed by atoms with Gasteiger partial charge in [0.1, 0.15) is 0 Å². The maximum Gasteiger partial charge on any atom is 0.164 e. The minimum absolute atomic E-state index is 0.593. The first kappa shape index (κ1) is 37.1. The highest BCUT2D eigenvalue weighted by molar-refractivity contribution is 6.24. The molecule has 3 aromatic heterocycles. The van der Waals surface area contributed by atoms with Crippen molar-refractivity contribution in [1.29, 1.82) is 0 Å². The second kappa shape index (κ2) is 15.6. The fourth-order valence-corrected chi connectivity index (χ4v) is 8.74. The van der Waals surface area contributed by atoms with Gasteiger partial charge in [-0.15, -0.1) is 0 Å². The molecule has 6 nitrogen and oxygen atoms in total. The molecule has 9 aromatic carbocycles. The van der Waals surface area contributed by atoms with Crippen LogP contribution in [0, 0.1) is 0 Å². The van der Waals surface area contributed by atoms with Crippen LogP contribution >= 0.6 is 0 Å². The molecule has 298 valence electrons. The topological polar surface area (TPSA) is 77.3 Å². The number of rotatable bonds is 7. The minimum Gasteiger partial charge on any atom is -0.247 e. The lowest BCUT2D eigenvalue weighted by Crippen LogP contribution is -2.01. The Hall–Kier alpha value is -8.74. The van der Waals surface area contributed by atoms with Gasteiger partial charge in [0.2, 0.25) is 0 Å². The van der Waals surface area contributed by atoms with Crippen LogP contribution in [0.25, 0.3) is 123 Å². The average molecular weight is 817 g/mol. The van der Waals surface area contributed by atoms with E-state index in [2.05, 4.69) is 146 Å². The molecule has 12 aromatic rings. The van der Waals surface area contributed by atoms with Crippen LogP contribution in [0.5, 0.6) is 0 Å². The molecule has 6 heteroatoms. The summed E-state index contributed by atoms with van der Waals surface area (Å²) in [4.78, 5) is 31.7. The van der Waals surface area contributed by atoms with Gasteiger partial charge in [0.25, 0.3) is 0 Å². The summed E-state index contributed by atoms with van der Waals surface area (Å²) in [6.45, 7) is 0. The van der Waals surface area contributed by atoms with Crippen LogP contribution in [-0.4, -0.2) is 29.9 Å². The van der Waals surface area contributed by atoms with Gasteiger partial charge in [0.05, 0.1) is 33.6 Å². The Morgan fingerprint density at radius 3 is 1.30 bits per heavy atom. The number of para-hydroxylation sites is 1. The largest absolute Gasteiger partial charge is 0.247 e. The fraction of sp³-hybridized carbons (Fsp3) is 0. The van der Waals surface area contributed by atoms with E-state index in [4.69, 9.17) is 29.9 Å². The number of aromatic nitrogens is 6. The van der Waals surface area contributed by atoms with Crippen molar-refractivity contribution >= 4 is 43.5 Å². The van der Waals surface area contributed by atoms with Gasteiger partial charge < -0.3 is 0 Å². The van der Waals surface area contributed by atoms with Crippen LogP contribution in [-0.2, 0) is 0 Å². The van der Waals surface area contributed by atoms with Gasteiger partial charge in [-0.05, 0) is 34.5 Å². The maximum atomic E-state index is 5.70. The van der Waals surface area contributed by atoms with E-state index in [0.29, 0.717) is 17.5 Å². The summed E-state index contributed by atoms with van der Waals surface area (Å²) in [6, 6.07) is 75.0. The van der Waals surface area contributed by atoms with Gasteiger partial charge in [0.15, 0.2) is 17.5 Å². The molecule has 0 aliphatic rings. The first-order valence-electron chi connectivity index (χ1n) is 21.4. The van der Waals surface area contributed by atoms with E-state index in [1.165, 1.54) is 5.39 Å². The molecule has 0 saturated heterocycles.